The Labute approximate surface area is 105 Å². The molecule has 2 aliphatic rings. The van der Waals surface area contributed by atoms with Gasteiger partial charge in [-0.1, -0.05) is 18.2 Å². The number of aliphatic hydroxyl groups excluding tert-OH is 1. The molecule has 1 aliphatic carbocycles. The summed E-state index contributed by atoms with van der Waals surface area (Å²) in [6.07, 6.45) is 1.80. The number of carbonyl (C=O) groups excluding carboxylic acids is 1. The van der Waals surface area contributed by atoms with Crippen LogP contribution in [-0.2, 0) is 4.79 Å². The number of fused-ring (bicyclic) bond motifs is 1. The van der Waals surface area contributed by atoms with Crippen LogP contribution in [0.3, 0.4) is 0 Å². The Morgan fingerprint density at radius 3 is 2.94 bits per heavy atom. The van der Waals surface area contributed by atoms with Gasteiger partial charge in [0.05, 0.1) is 18.1 Å². The number of aliphatic hydroxyl groups is 1. The molecule has 0 saturated heterocycles. The van der Waals surface area contributed by atoms with Crippen LogP contribution in [-0.4, -0.2) is 28.9 Å². The number of hydrogen-bond acceptors (Lipinski definition) is 3. The van der Waals surface area contributed by atoms with E-state index in [2.05, 4.69) is 11.4 Å². The van der Waals surface area contributed by atoms with Gasteiger partial charge in [0.15, 0.2) is 0 Å². The van der Waals surface area contributed by atoms with Crippen LogP contribution in [0.1, 0.15) is 24.3 Å². The van der Waals surface area contributed by atoms with E-state index >= 15 is 0 Å². The van der Waals surface area contributed by atoms with E-state index in [1.165, 1.54) is 4.90 Å². The van der Waals surface area contributed by atoms with Crippen LogP contribution in [0.15, 0.2) is 29.2 Å². The maximum absolute atomic E-state index is 12.2. The number of benzene rings is 1. The normalized spacial score (nSPS) is 24.2. The first-order valence-corrected chi connectivity index (χ1v) is 6.87. The van der Waals surface area contributed by atoms with Crippen molar-refractivity contribution in [2.75, 3.05) is 12.4 Å². The first-order chi connectivity index (χ1) is 8.24. The largest absolute Gasteiger partial charge is 0.394 e. The minimum absolute atomic E-state index is 0.0553. The predicted octanol–water partition coefficient (Wildman–Crippen LogP) is 1.52. The molecule has 1 amide bonds. The van der Waals surface area contributed by atoms with Crippen molar-refractivity contribution in [1.82, 2.24) is 5.32 Å². The van der Waals surface area contributed by atoms with Crippen molar-refractivity contribution in [3.05, 3.63) is 29.8 Å². The van der Waals surface area contributed by atoms with Gasteiger partial charge >= 0.3 is 0 Å². The monoisotopic (exact) mass is 249 g/mol. The number of amides is 1. The molecule has 0 spiro atoms. The Bertz CT molecular complexity index is 456. The van der Waals surface area contributed by atoms with Crippen molar-refractivity contribution in [2.24, 2.45) is 0 Å². The fraction of sp³-hybridized carbons (Fsp3) is 0.462. The lowest BCUT2D eigenvalue weighted by atomic mass is 10.00. The Hall–Kier alpha value is -1.00. The van der Waals surface area contributed by atoms with Crippen LogP contribution < -0.4 is 5.32 Å². The second kappa shape index (κ2) is 4.03. The molecule has 3 nitrogen and oxygen atoms in total. The SMILES string of the molecule is O=C(NC1(CO)CC1)C1CSc2ccccc21. The molecule has 2 N–H and O–H groups in total. The van der Waals surface area contributed by atoms with Gasteiger partial charge in [0.1, 0.15) is 0 Å². The van der Waals surface area contributed by atoms with Crippen LogP contribution in [0, 0.1) is 0 Å². The topological polar surface area (TPSA) is 49.3 Å². The van der Waals surface area contributed by atoms with Crippen molar-refractivity contribution < 1.29 is 9.90 Å². The van der Waals surface area contributed by atoms with Crippen LogP contribution in [0.25, 0.3) is 0 Å². The van der Waals surface area contributed by atoms with Gasteiger partial charge in [0, 0.05) is 10.6 Å². The van der Waals surface area contributed by atoms with E-state index in [1.54, 1.807) is 11.8 Å². The number of rotatable bonds is 3. The van der Waals surface area contributed by atoms with E-state index in [0.717, 1.165) is 24.2 Å². The molecule has 1 aliphatic heterocycles. The fourth-order valence-corrected chi connectivity index (χ4v) is 3.43. The van der Waals surface area contributed by atoms with Gasteiger partial charge in [0.2, 0.25) is 5.91 Å². The quantitative estimate of drug-likeness (QED) is 0.854. The van der Waals surface area contributed by atoms with Crippen molar-refractivity contribution in [3.63, 3.8) is 0 Å². The van der Waals surface area contributed by atoms with Gasteiger partial charge in [0.25, 0.3) is 0 Å². The molecule has 1 unspecified atom stereocenters. The van der Waals surface area contributed by atoms with Gasteiger partial charge in [-0.25, -0.2) is 0 Å². The lowest BCUT2D eigenvalue weighted by molar-refractivity contribution is -0.123. The summed E-state index contributed by atoms with van der Waals surface area (Å²) in [6, 6.07) is 8.07. The maximum Gasteiger partial charge on any atom is 0.228 e. The van der Waals surface area contributed by atoms with Gasteiger partial charge < -0.3 is 10.4 Å². The van der Waals surface area contributed by atoms with E-state index in [1.807, 2.05) is 18.2 Å². The summed E-state index contributed by atoms with van der Waals surface area (Å²) in [5, 5.41) is 12.2. The molecule has 1 aromatic carbocycles. The molecule has 4 heteroatoms. The Morgan fingerprint density at radius 1 is 1.47 bits per heavy atom. The zero-order valence-electron chi connectivity index (χ0n) is 9.48. The van der Waals surface area contributed by atoms with Crippen LogP contribution >= 0.6 is 11.8 Å². The summed E-state index contributed by atoms with van der Waals surface area (Å²) in [6.45, 7) is 0.0558. The fourth-order valence-electron chi connectivity index (χ4n) is 2.20. The third-order valence-electron chi connectivity index (χ3n) is 3.56. The third-order valence-corrected chi connectivity index (χ3v) is 4.74. The lowest BCUT2D eigenvalue weighted by Crippen LogP contribution is -2.42. The molecule has 3 rings (SSSR count). The van der Waals surface area contributed by atoms with Gasteiger partial charge in [-0.05, 0) is 24.5 Å². The Morgan fingerprint density at radius 2 is 2.24 bits per heavy atom. The number of carbonyl (C=O) groups is 1. The first kappa shape index (κ1) is 11.1. The average Bonchev–Trinajstić information content (AvgIpc) is 2.99. The molecule has 0 aromatic heterocycles. The predicted molar refractivity (Wildman–Crippen MR) is 67.1 cm³/mol. The van der Waals surface area contributed by atoms with Crippen LogP contribution in [0.2, 0.25) is 0 Å². The van der Waals surface area contributed by atoms with E-state index < -0.39 is 0 Å². The average molecular weight is 249 g/mol. The minimum atomic E-state index is -0.306. The molecule has 1 heterocycles. The maximum atomic E-state index is 12.2. The van der Waals surface area contributed by atoms with E-state index in [4.69, 9.17) is 0 Å². The molecular formula is C13H15NO2S. The van der Waals surface area contributed by atoms with Crippen LogP contribution in [0.4, 0.5) is 0 Å². The third kappa shape index (κ3) is 1.96. The highest BCUT2D eigenvalue weighted by molar-refractivity contribution is 7.99. The van der Waals surface area contributed by atoms with Crippen molar-refractivity contribution in [1.29, 1.82) is 0 Å². The number of nitrogens with one attached hydrogen (secondary N) is 1. The molecule has 0 bridgehead atoms. The lowest BCUT2D eigenvalue weighted by Gasteiger charge is -2.18. The zero-order chi connectivity index (χ0) is 11.9. The standard InChI is InChI=1S/C13H15NO2S/c15-8-13(5-6-13)14-12(16)10-7-17-11-4-2-1-3-9(10)11/h1-4,10,15H,5-8H2,(H,14,16). The molecule has 90 valence electrons. The molecule has 17 heavy (non-hydrogen) atoms. The second-order valence-corrected chi connectivity index (χ2v) is 5.89. The van der Waals surface area contributed by atoms with E-state index in [0.29, 0.717) is 0 Å². The van der Waals surface area contributed by atoms with Gasteiger partial charge in [-0.2, -0.15) is 0 Å². The summed E-state index contributed by atoms with van der Waals surface area (Å²) < 4.78 is 0. The summed E-state index contributed by atoms with van der Waals surface area (Å²) >= 11 is 1.73. The highest BCUT2D eigenvalue weighted by atomic mass is 32.2. The van der Waals surface area contributed by atoms with E-state index in [-0.39, 0.29) is 24.0 Å². The van der Waals surface area contributed by atoms with Crippen LogP contribution in [0.5, 0.6) is 0 Å². The molecule has 0 radical (unpaired) electrons. The summed E-state index contributed by atoms with van der Waals surface area (Å²) in [4.78, 5) is 13.4. The summed E-state index contributed by atoms with van der Waals surface area (Å²) in [7, 11) is 0. The molecule has 1 saturated carbocycles. The zero-order valence-corrected chi connectivity index (χ0v) is 10.3. The second-order valence-electron chi connectivity index (χ2n) is 4.83. The summed E-state index contributed by atoms with van der Waals surface area (Å²) in [5.41, 5.74) is 0.822. The van der Waals surface area contributed by atoms with Crippen molar-refractivity contribution in [2.45, 2.75) is 29.2 Å². The van der Waals surface area contributed by atoms with Gasteiger partial charge in [-0.3, -0.25) is 4.79 Å². The molecule has 1 fully saturated rings. The highest BCUT2D eigenvalue weighted by Gasteiger charge is 2.45. The van der Waals surface area contributed by atoms with Crippen molar-refractivity contribution >= 4 is 17.7 Å². The Balaban J connectivity index is 1.76. The van der Waals surface area contributed by atoms with Crippen molar-refractivity contribution in [3.8, 4) is 0 Å². The molecular weight excluding hydrogens is 234 g/mol. The smallest absolute Gasteiger partial charge is 0.228 e. The number of hydrogen-bond donors (Lipinski definition) is 2. The first-order valence-electron chi connectivity index (χ1n) is 5.89. The van der Waals surface area contributed by atoms with E-state index in [9.17, 15) is 9.90 Å². The highest BCUT2D eigenvalue weighted by Crippen LogP contribution is 2.41. The summed E-state index contributed by atoms with van der Waals surface area (Å²) in [5.74, 6) is 0.821. The minimum Gasteiger partial charge on any atom is -0.394 e. The molecule has 1 aromatic rings. The molecule has 1 atom stereocenters. The Kier molecular flexibility index (Phi) is 2.64. The van der Waals surface area contributed by atoms with Gasteiger partial charge in [-0.15, -0.1) is 11.8 Å². The number of thioether (sulfide) groups is 1.